The molecule has 2 atom stereocenters. The van der Waals surface area contributed by atoms with Crippen LogP contribution in [0.5, 0.6) is 17.6 Å². The molecule has 1 saturated heterocycles. The number of benzene rings is 1. The van der Waals surface area contributed by atoms with Gasteiger partial charge in [0.1, 0.15) is 22.7 Å². The van der Waals surface area contributed by atoms with Crippen LogP contribution in [0.4, 0.5) is 0 Å². The van der Waals surface area contributed by atoms with Gasteiger partial charge >= 0.3 is 0 Å². The van der Waals surface area contributed by atoms with Gasteiger partial charge in [-0.05, 0) is 38.0 Å². The zero-order valence-corrected chi connectivity index (χ0v) is 19.5. The topological polar surface area (TPSA) is 126 Å². The van der Waals surface area contributed by atoms with Crippen molar-refractivity contribution in [3.8, 4) is 29.4 Å². The summed E-state index contributed by atoms with van der Waals surface area (Å²) in [5, 5.41) is 32.6. The number of pyridine rings is 1. The first-order valence-corrected chi connectivity index (χ1v) is 11.8. The Morgan fingerprint density at radius 1 is 1.18 bits per heavy atom. The van der Waals surface area contributed by atoms with Gasteiger partial charge < -0.3 is 19.7 Å². The quantitative estimate of drug-likeness (QED) is 0.414. The number of ether oxygens (including phenoxy) is 2. The fourth-order valence-electron chi connectivity index (χ4n) is 5.23. The molecule has 1 fully saturated rings. The minimum atomic E-state index is -0.810. The Hall–Kier alpha value is -3.39. The average Bonchev–Trinajstić information content (AvgIpc) is 3.56. The molecule has 172 valence electrons. The van der Waals surface area contributed by atoms with Gasteiger partial charge in [-0.15, -0.1) is 0 Å². The molecular weight excluding hydrogens is 478 g/mol. The first-order valence-electron chi connectivity index (χ1n) is 10.6. The first kappa shape index (κ1) is 21.2. The minimum Gasteiger partial charge on any atom is -0.494 e. The van der Waals surface area contributed by atoms with E-state index in [-0.39, 0.29) is 11.8 Å². The largest absolute Gasteiger partial charge is 0.494 e. The van der Waals surface area contributed by atoms with Crippen LogP contribution in [0.3, 0.4) is 0 Å². The minimum absolute atomic E-state index is 0.101. The third kappa shape index (κ3) is 2.84. The Balaban J connectivity index is 1.41. The van der Waals surface area contributed by atoms with E-state index in [1.165, 1.54) is 10.8 Å². The second-order valence-electron chi connectivity index (χ2n) is 8.68. The highest BCUT2D eigenvalue weighted by molar-refractivity contribution is 7.00. The molecule has 0 saturated carbocycles. The summed E-state index contributed by atoms with van der Waals surface area (Å²) in [5.74, 6) is 0.232. The summed E-state index contributed by atoms with van der Waals surface area (Å²) in [6, 6.07) is 8.76. The van der Waals surface area contributed by atoms with Crippen molar-refractivity contribution in [2.75, 3.05) is 6.61 Å². The lowest BCUT2D eigenvalue weighted by Gasteiger charge is -2.26. The van der Waals surface area contributed by atoms with Crippen LogP contribution in [0.2, 0.25) is 5.02 Å². The Labute approximate surface area is 203 Å². The summed E-state index contributed by atoms with van der Waals surface area (Å²) in [4.78, 5) is 4.15. The molecule has 3 aromatic heterocycles. The standard InChI is InChI=1S/C23H18ClN5O4S/c1-22-6-7-23(33-22,8-9-32-15-5-3-13(24)11-26-15)17-16(22)20(30)29(21(17)31)14-4-2-12(10-25)18-19(14)28-34-27-18/h2-5,11,30-31H,6-9H2,1H3/t22-,23-/m0/s1. The molecule has 1 aromatic carbocycles. The lowest BCUT2D eigenvalue weighted by Crippen LogP contribution is -2.25. The second kappa shape index (κ2) is 7.30. The van der Waals surface area contributed by atoms with Gasteiger partial charge in [-0.3, -0.25) is 0 Å². The van der Waals surface area contributed by atoms with Gasteiger partial charge in [0, 0.05) is 18.7 Å². The Morgan fingerprint density at radius 2 is 1.97 bits per heavy atom. The van der Waals surface area contributed by atoms with Crippen LogP contribution in [0.1, 0.15) is 42.9 Å². The number of nitriles is 1. The number of hydrogen-bond donors (Lipinski definition) is 2. The first-order chi connectivity index (χ1) is 16.4. The number of nitrogens with zero attached hydrogens (tertiary/aromatic N) is 5. The highest BCUT2D eigenvalue weighted by Crippen LogP contribution is 2.65. The van der Waals surface area contributed by atoms with E-state index in [4.69, 9.17) is 21.1 Å². The molecule has 2 N–H and O–H groups in total. The van der Waals surface area contributed by atoms with Crippen LogP contribution < -0.4 is 4.74 Å². The van der Waals surface area contributed by atoms with Crippen molar-refractivity contribution in [1.82, 2.24) is 18.3 Å². The van der Waals surface area contributed by atoms with E-state index in [9.17, 15) is 15.5 Å². The molecule has 2 bridgehead atoms. The second-order valence-corrected chi connectivity index (χ2v) is 9.64. The molecule has 0 aliphatic carbocycles. The third-order valence-corrected chi connectivity index (χ3v) is 7.50. The van der Waals surface area contributed by atoms with Gasteiger partial charge in [-0.1, -0.05) is 11.6 Å². The van der Waals surface area contributed by atoms with Crippen molar-refractivity contribution in [1.29, 1.82) is 5.26 Å². The maximum Gasteiger partial charge on any atom is 0.213 e. The van der Waals surface area contributed by atoms with Crippen molar-refractivity contribution in [3.63, 3.8) is 0 Å². The molecule has 6 rings (SSSR count). The molecule has 4 aromatic rings. The molecule has 9 nitrogen and oxygen atoms in total. The van der Waals surface area contributed by atoms with Gasteiger partial charge in [-0.25, -0.2) is 9.55 Å². The maximum atomic E-state index is 11.4. The summed E-state index contributed by atoms with van der Waals surface area (Å²) >= 11 is 6.86. The van der Waals surface area contributed by atoms with E-state index >= 15 is 0 Å². The zero-order chi connectivity index (χ0) is 23.7. The Morgan fingerprint density at radius 3 is 2.74 bits per heavy atom. The molecule has 5 heterocycles. The summed E-state index contributed by atoms with van der Waals surface area (Å²) < 4.78 is 22.2. The molecule has 0 unspecified atom stereocenters. The fourth-order valence-corrected chi connectivity index (χ4v) is 5.91. The molecule has 34 heavy (non-hydrogen) atoms. The van der Waals surface area contributed by atoms with Crippen LogP contribution in [0.15, 0.2) is 30.5 Å². The number of rotatable bonds is 5. The molecule has 2 aliphatic heterocycles. The van der Waals surface area contributed by atoms with E-state index < -0.39 is 11.2 Å². The number of halogens is 1. The Bertz CT molecular complexity index is 1490. The highest BCUT2D eigenvalue weighted by atomic mass is 35.5. The summed E-state index contributed by atoms with van der Waals surface area (Å²) in [6.07, 6.45) is 3.34. The van der Waals surface area contributed by atoms with Gasteiger partial charge in [0.25, 0.3) is 0 Å². The van der Waals surface area contributed by atoms with Crippen LogP contribution in [-0.2, 0) is 15.9 Å². The monoisotopic (exact) mass is 495 g/mol. The van der Waals surface area contributed by atoms with Gasteiger partial charge in [0.15, 0.2) is 0 Å². The van der Waals surface area contributed by atoms with Crippen molar-refractivity contribution in [2.24, 2.45) is 0 Å². The number of fused-ring (bicyclic) bond motifs is 6. The molecular formula is C23H18ClN5O4S. The number of hydrogen-bond acceptors (Lipinski definition) is 9. The summed E-state index contributed by atoms with van der Waals surface area (Å²) in [7, 11) is 0. The van der Waals surface area contributed by atoms with Crippen LogP contribution in [0.25, 0.3) is 16.7 Å². The van der Waals surface area contributed by atoms with Crippen LogP contribution in [-0.4, -0.2) is 35.1 Å². The molecule has 11 heteroatoms. The molecule has 0 radical (unpaired) electrons. The molecule has 0 amide bonds. The number of aromatic nitrogens is 4. The molecule has 2 aliphatic rings. The highest BCUT2D eigenvalue weighted by Gasteiger charge is 2.61. The van der Waals surface area contributed by atoms with Gasteiger partial charge in [-0.2, -0.15) is 14.0 Å². The average molecular weight is 496 g/mol. The van der Waals surface area contributed by atoms with Crippen LogP contribution in [0, 0.1) is 11.3 Å². The van der Waals surface area contributed by atoms with E-state index in [0.29, 0.717) is 70.2 Å². The Kier molecular flexibility index (Phi) is 4.55. The van der Waals surface area contributed by atoms with Gasteiger partial charge in [0.2, 0.25) is 17.6 Å². The fraction of sp³-hybridized carbons (Fsp3) is 0.304. The van der Waals surface area contributed by atoms with Crippen molar-refractivity contribution >= 4 is 34.4 Å². The lowest BCUT2D eigenvalue weighted by atomic mass is 9.78. The van der Waals surface area contributed by atoms with Crippen molar-refractivity contribution in [3.05, 3.63) is 52.2 Å². The van der Waals surface area contributed by atoms with E-state index in [1.807, 2.05) is 6.92 Å². The SMILES string of the molecule is C[C@@]12CC[C@@](CCOc3ccc(Cl)cn3)(O1)c1c2c(O)n(-c2ccc(C#N)c3nsnc23)c1O. The van der Waals surface area contributed by atoms with Crippen molar-refractivity contribution in [2.45, 2.75) is 37.4 Å². The summed E-state index contributed by atoms with van der Waals surface area (Å²) in [6.45, 7) is 2.22. The lowest BCUT2D eigenvalue weighted by molar-refractivity contribution is -0.0877. The van der Waals surface area contributed by atoms with E-state index in [0.717, 1.165) is 11.7 Å². The maximum absolute atomic E-state index is 11.4. The van der Waals surface area contributed by atoms with E-state index in [2.05, 4.69) is 19.8 Å². The van der Waals surface area contributed by atoms with Crippen LogP contribution >= 0.6 is 23.3 Å². The van der Waals surface area contributed by atoms with Crippen molar-refractivity contribution < 1.29 is 19.7 Å². The normalized spacial score (nSPS) is 22.7. The van der Waals surface area contributed by atoms with Gasteiger partial charge in [0.05, 0.1) is 51.3 Å². The predicted octanol–water partition coefficient (Wildman–Crippen LogP) is 4.52. The predicted molar refractivity (Wildman–Crippen MR) is 123 cm³/mol. The zero-order valence-electron chi connectivity index (χ0n) is 17.9. The number of aromatic hydroxyl groups is 2. The third-order valence-electron chi connectivity index (χ3n) is 6.74. The van der Waals surface area contributed by atoms with E-state index in [1.54, 1.807) is 24.3 Å². The smallest absolute Gasteiger partial charge is 0.213 e. The molecule has 0 spiro atoms. The summed E-state index contributed by atoms with van der Waals surface area (Å²) in [5.41, 5.74) is 1.28.